The number of hydrogen-bond acceptors (Lipinski definition) is 8. The smallest absolute Gasteiger partial charge is 0.262 e. The van der Waals surface area contributed by atoms with Gasteiger partial charge in [-0.2, -0.15) is 0 Å². The molecule has 0 amide bonds. The molecule has 0 aliphatic rings. The number of nitrogen functional groups attached to an aromatic ring is 1. The average Bonchev–Trinajstić information content (AvgIpc) is 3.07. The third-order valence-corrected chi connectivity index (χ3v) is 5.45. The maximum atomic E-state index is 12.6. The number of halogens is 1. The van der Waals surface area contributed by atoms with E-state index in [-0.39, 0.29) is 29.7 Å². The van der Waals surface area contributed by atoms with Crippen molar-refractivity contribution in [2.45, 2.75) is 38.2 Å². The van der Waals surface area contributed by atoms with Crippen LogP contribution in [0.4, 0.5) is 5.82 Å². The minimum Gasteiger partial charge on any atom is -0.388 e. The first-order valence-electron chi connectivity index (χ1n) is 9.12. The third kappa shape index (κ3) is 6.02. The van der Waals surface area contributed by atoms with Crippen LogP contribution in [0.5, 0.6) is 0 Å². The molecule has 0 bridgehead atoms. The molecule has 168 valence electrons. The maximum absolute atomic E-state index is 12.6. The van der Waals surface area contributed by atoms with Crippen LogP contribution in [-0.4, -0.2) is 35.9 Å². The van der Waals surface area contributed by atoms with E-state index in [2.05, 4.69) is 10.1 Å². The van der Waals surface area contributed by atoms with Crippen molar-refractivity contribution >= 4 is 28.2 Å². The summed E-state index contributed by atoms with van der Waals surface area (Å²) >= 11 is 0. The van der Waals surface area contributed by atoms with Gasteiger partial charge in [-0.25, -0.2) is 13.4 Å². The molecule has 0 aliphatic carbocycles. The Labute approximate surface area is 187 Å². The van der Waals surface area contributed by atoms with Crippen molar-refractivity contribution in [3.8, 4) is 22.5 Å². The Morgan fingerprint density at radius 3 is 2.52 bits per heavy atom. The first kappa shape index (κ1) is 24.8. The van der Waals surface area contributed by atoms with E-state index < -0.39 is 15.6 Å². The summed E-state index contributed by atoms with van der Waals surface area (Å²) in [6.07, 6.45) is 1.57. The minimum absolute atomic E-state index is 0. The topological polar surface area (TPSA) is 141 Å². The molecule has 0 unspecified atom stereocenters. The van der Waals surface area contributed by atoms with Crippen molar-refractivity contribution in [2.24, 2.45) is 0 Å². The Hall–Kier alpha value is -2.50. The maximum Gasteiger partial charge on any atom is 0.262 e. The third-order valence-electron chi connectivity index (χ3n) is 4.24. The number of nitrogens with one attached hydrogen (secondary N) is 1. The lowest BCUT2D eigenvalue weighted by atomic mass is 10.00. The number of aromatic nitrogens is 2. The molecule has 0 saturated heterocycles. The Bertz CT molecular complexity index is 1170. The molecule has 3 aromatic rings. The highest BCUT2D eigenvalue weighted by Crippen LogP contribution is 2.32. The van der Waals surface area contributed by atoms with Gasteiger partial charge in [0.25, 0.3) is 10.0 Å². The standard InChI is InChI=1S/C20H24N4O5S.ClH/c1-12-5-6-15(30(26,27)24-28-11-20(3,4)25)9-16(12)14-8-17(19(21)22-10-14)18-7-13(2)23-29-18;/h5-10,24-25H,11H2,1-4H3,(H2,21,22);1H. The van der Waals surface area contributed by atoms with Crippen molar-refractivity contribution in [1.29, 1.82) is 0 Å². The lowest BCUT2D eigenvalue weighted by Crippen LogP contribution is -2.33. The SMILES string of the molecule is Cc1cc(-c2cc(-c3cc(S(=O)(=O)NOCC(C)(C)O)ccc3C)cnc2N)on1.Cl. The molecular weight excluding hydrogens is 444 g/mol. The van der Waals surface area contributed by atoms with Crippen molar-refractivity contribution in [3.05, 3.63) is 47.8 Å². The number of aryl methyl sites for hydroxylation is 2. The Balaban J connectivity index is 0.00000341. The normalized spacial score (nSPS) is 11.9. The van der Waals surface area contributed by atoms with Gasteiger partial charge in [0.1, 0.15) is 5.82 Å². The Morgan fingerprint density at radius 1 is 1.19 bits per heavy atom. The fourth-order valence-corrected chi connectivity index (χ4v) is 3.55. The predicted molar refractivity (Wildman–Crippen MR) is 119 cm³/mol. The predicted octanol–water partition coefficient (Wildman–Crippen LogP) is 3.01. The van der Waals surface area contributed by atoms with Crippen molar-refractivity contribution in [2.75, 3.05) is 12.3 Å². The van der Waals surface area contributed by atoms with Gasteiger partial charge >= 0.3 is 0 Å². The molecule has 0 fully saturated rings. The molecule has 0 radical (unpaired) electrons. The number of nitrogens with two attached hydrogens (primary N) is 1. The average molecular weight is 469 g/mol. The fourth-order valence-electron chi connectivity index (χ4n) is 2.72. The molecule has 31 heavy (non-hydrogen) atoms. The number of anilines is 1. The van der Waals surface area contributed by atoms with E-state index in [0.29, 0.717) is 28.1 Å². The summed E-state index contributed by atoms with van der Waals surface area (Å²) in [6, 6.07) is 8.20. The zero-order valence-corrected chi connectivity index (χ0v) is 19.2. The number of aliphatic hydroxyl groups is 1. The summed E-state index contributed by atoms with van der Waals surface area (Å²) in [5.74, 6) is 0.750. The highest BCUT2D eigenvalue weighted by molar-refractivity contribution is 7.89. The molecule has 2 aromatic heterocycles. The molecule has 0 atom stereocenters. The van der Waals surface area contributed by atoms with Gasteiger partial charge in [-0.15, -0.1) is 12.4 Å². The monoisotopic (exact) mass is 468 g/mol. The number of sulfonamides is 1. The summed E-state index contributed by atoms with van der Waals surface area (Å²) in [4.78, 5) is 11.2. The van der Waals surface area contributed by atoms with Crippen LogP contribution in [0.2, 0.25) is 0 Å². The summed E-state index contributed by atoms with van der Waals surface area (Å²) < 4.78 is 30.5. The molecule has 3 rings (SSSR count). The molecule has 0 aliphatic heterocycles. The quantitative estimate of drug-likeness (QED) is 0.449. The molecule has 2 heterocycles. The minimum atomic E-state index is -3.95. The van der Waals surface area contributed by atoms with Gasteiger partial charge in [0.2, 0.25) is 0 Å². The second kappa shape index (κ2) is 9.33. The van der Waals surface area contributed by atoms with Crippen molar-refractivity contribution in [1.82, 2.24) is 15.0 Å². The van der Waals surface area contributed by atoms with Gasteiger partial charge in [-0.3, -0.25) is 4.84 Å². The summed E-state index contributed by atoms with van der Waals surface area (Å²) in [6.45, 7) is 6.47. The van der Waals surface area contributed by atoms with E-state index in [1.807, 2.05) is 11.8 Å². The van der Waals surface area contributed by atoms with Gasteiger partial charge in [0.15, 0.2) is 5.76 Å². The molecule has 1 aromatic carbocycles. The van der Waals surface area contributed by atoms with E-state index in [4.69, 9.17) is 15.1 Å². The van der Waals surface area contributed by atoms with Crippen LogP contribution in [0.3, 0.4) is 0 Å². The van der Waals surface area contributed by atoms with Gasteiger partial charge in [-0.1, -0.05) is 16.1 Å². The number of pyridine rings is 1. The number of benzene rings is 1. The second-order valence-corrected chi connectivity index (χ2v) is 9.30. The van der Waals surface area contributed by atoms with E-state index in [1.165, 1.54) is 26.0 Å². The lowest BCUT2D eigenvalue weighted by molar-refractivity contribution is -0.0380. The second-order valence-electron chi connectivity index (χ2n) is 7.65. The van der Waals surface area contributed by atoms with E-state index >= 15 is 0 Å². The highest BCUT2D eigenvalue weighted by Gasteiger charge is 2.20. The first-order chi connectivity index (χ1) is 14.0. The zero-order chi connectivity index (χ0) is 22.1. The van der Waals surface area contributed by atoms with E-state index in [0.717, 1.165) is 5.56 Å². The fraction of sp³-hybridized carbons (Fsp3) is 0.300. The van der Waals surface area contributed by atoms with Crippen LogP contribution < -0.4 is 10.6 Å². The van der Waals surface area contributed by atoms with E-state index in [1.54, 1.807) is 31.3 Å². The van der Waals surface area contributed by atoms with Crippen LogP contribution in [0, 0.1) is 13.8 Å². The number of nitrogens with zero attached hydrogens (tertiary/aromatic N) is 2. The molecular formula is C20H25ClN4O5S. The molecule has 9 nitrogen and oxygen atoms in total. The van der Waals surface area contributed by atoms with Crippen LogP contribution in [0.1, 0.15) is 25.1 Å². The number of hydrogen-bond donors (Lipinski definition) is 3. The molecule has 0 saturated carbocycles. The van der Waals surface area contributed by atoms with Gasteiger partial charge in [-0.05, 0) is 57.0 Å². The van der Waals surface area contributed by atoms with Gasteiger partial charge in [0.05, 0.1) is 28.4 Å². The lowest BCUT2D eigenvalue weighted by Gasteiger charge is -2.17. The summed E-state index contributed by atoms with van der Waals surface area (Å²) in [7, 11) is -3.95. The van der Waals surface area contributed by atoms with Crippen LogP contribution in [-0.2, 0) is 14.9 Å². The first-order valence-corrected chi connectivity index (χ1v) is 10.6. The van der Waals surface area contributed by atoms with E-state index in [9.17, 15) is 13.5 Å². The van der Waals surface area contributed by atoms with Crippen LogP contribution >= 0.6 is 12.4 Å². The van der Waals surface area contributed by atoms with Crippen molar-refractivity contribution < 1.29 is 22.9 Å². The Kier molecular flexibility index (Phi) is 7.45. The molecule has 4 N–H and O–H groups in total. The molecule has 0 spiro atoms. The van der Waals surface area contributed by atoms with Crippen LogP contribution in [0.15, 0.2) is 45.9 Å². The van der Waals surface area contributed by atoms with Crippen LogP contribution in [0.25, 0.3) is 22.5 Å². The molecule has 11 heteroatoms. The number of rotatable bonds is 7. The Morgan fingerprint density at radius 2 is 1.90 bits per heavy atom. The summed E-state index contributed by atoms with van der Waals surface area (Å²) in [5.41, 5.74) is 8.26. The highest BCUT2D eigenvalue weighted by atomic mass is 35.5. The zero-order valence-electron chi connectivity index (χ0n) is 17.5. The van der Waals surface area contributed by atoms with Gasteiger partial charge in [0, 0.05) is 17.8 Å². The summed E-state index contributed by atoms with van der Waals surface area (Å²) in [5, 5.41) is 13.5. The largest absolute Gasteiger partial charge is 0.388 e. The van der Waals surface area contributed by atoms with Crippen molar-refractivity contribution in [3.63, 3.8) is 0 Å². The van der Waals surface area contributed by atoms with Gasteiger partial charge < -0.3 is 15.4 Å².